The number of nitrogens with one attached hydrogen (secondary N) is 1. The van der Waals surface area contributed by atoms with Crippen LogP contribution in [0.5, 0.6) is 0 Å². The van der Waals surface area contributed by atoms with Crippen molar-refractivity contribution in [2.24, 2.45) is 11.3 Å². The normalized spacial score (nSPS) is 25.1. The Hall–Kier alpha value is -0.530. The molecule has 17 heavy (non-hydrogen) atoms. The first kappa shape index (κ1) is 12.9. The molecule has 0 heterocycles. The molecule has 2 fully saturated rings. The molecule has 0 unspecified atom stereocenters. The van der Waals surface area contributed by atoms with Gasteiger partial charge in [-0.1, -0.05) is 33.1 Å². The van der Waals surface area contributed by atoms with E-state index in [1.54, 1.807) is 0 Å². The van der Waals surface area contributed by atoms with Crippen molar-refractivity contribution in [1.29, 1.82) is 0 Å². The first-order valence-electron chi connectivity index (χ1n) is 7.42. The number of amides is 1. The average molecular weight is 237 g/mol. The van der Waals surface area contributed by atoms with Gasteiger partial charge < -0.3 is 5.32 Å². The van der Waals surface area contributed by atoms with Crippen molar-refractivity contribution in [2.75, 3.05) is 0 Å². The van der Waals surface area contributed by atoms with Crippen molar-refractivity contribution in [1.82, 2.24) is 5.32 Å². The molecule has 0 aromatic rings. The summed E-state index contributed by atoms with van der Waals surface area (Å²) < 4.78 is 0. The van der Waals surface area contributed by atoms with Gasteiger partial charge in [0.2, 0.25) is 5.91 Å². The molecule has 2 saturated carbocycles. The summed E-state index contributed by atoms with van der Waals surface area (Å²) >= 11 is 0. The van der Waals surface area contributed by atoms with Gasteiger partial charge in [-0.15, -0.1) is 0 Å². The molecule has 0 aliphatic heterocycles. The molecular weight excluding hydrogens is 210 g/mol. The summed E-state index contributed by atoms with van der Waals surface area (Å²) in [7, 11) is 0. The van der Waals surface area contributed by atoms with Crippen molar-refractivity contribution < 1.29 is 4.79 Å². The quantitative estimate of drug-likeness (QED) is 0.780. The second-order valence-electron chi connectivity index (χ2n) is 6.50. The van der Waals surface area contributed by atoms with Crippen LogP contribution in [0.25, 0.3) is 0 Å². The molecule has 0 aromatic heterocycles. The third-order valence-corrected chi connectivity index (χ3v) is 4.83. The number of hydrogen-bond acceptors (Lipinski definition) is 1. The first-order valence-corrected chi connectivity index (χ1v) is 7.42. The zero-order valence-corrected chi connectivity index (χ0v) is 11.4. The van der Waals surface area contributed by atoms with Crippen LogP contribution in [0.1, 0.15) is 71.6 Å². The number of carbonyl (C=O) groups is 1. The maximum Gasteiger partial charge on any atom is 0.222 e. The van der Waals surface area contributed by atoms with E-state index in [9.17, 15) is 4.79 Å². The minimum atomic E-state index is 0.126. The highest BCUT2D eigenvalue weighted by Gasteiger charge is 2.36. The van der Waals surface area contributed by atoms with E-state index >= 15 is 0 Å². The minimum absolute atomic E-state index is 0.126. The minimum Gasteiger partial charge on any atom is -0.353 e. The number of carbonyl (C=O) groups excluding carboxylic acids is 1. The molecule has 1 spiro atoms. The zero-order chi connectivity index (χ0) is 12.3. The zero-order valence-electron chi connectivity index (χ0n) is 11.4. The molecule has 2 heteroatoms. The summed E-state index contributed by atoms with van der Waals surface area (Å²) in [5, 5.41) is 3.20. The van der Waals surface area contributed by atoms with Crippen molar-refractivity contribution in [2.45, 2.75) is 77.7 Å². The van der Waals surface area contributed by atoms with Crippen LogP contribution in [-0.4, -0.2) is 11.9 Å². The fourth-order valence-electron chi connectivity index (χ4n) is 3.54. The standard InChI is InChI=1S/C15H27NO/c1-12(2)14(17)16-13-6-10-15(11-7-13)8-4-3-5-9-15/h12-13H,3-11H2,1-2H3,(H,16,17). The predicted molar refractivity (Wildman–Crippen MR) is 70.8 cm³/mol. The van der Waals surface area contributed by atoms with Gasteiger partial charge in [0.25, 0.3) is 0 Å². The molecule has 1 N–H and O–H groups in total. The Balaban J connectivity index is 1.79. The molecule has 0 bridgehead atoms. The lowest BCUT2D eigenvalue weighted by Crippen LogP contribution is -2.42. The second kappa shape index (κ2) is 5.41. The van der Waals surface area contributed by atoms with Gasteiger partial charge in [-0.3, -0.25) is 4.79 Å². The monoisotopic (exact) mass is 237 g/mol. The van der Waals surface area contributed by atoms with E-state index in [-0.39, 0.29) is 11.8 Å². The fourth-order valence-corrected chi connectivity index (χ4v) is 3.54. The summed E-state index contributed by atoms with van der Waals surface area (Å²) in [6, 6.07) is 0.456. The van der Waals surface area contributed by atoms with Crippen molar-refractivity contribution >= 4 is 5.91 Å². The molecule has 0 aromatic carbocycles. The van der Waals surface area contributed by atoms with Crippen LogP contribution in [-0.2, 0) is 4.79 Å². The summed E-state index contributed by atoms with van der Waals surface area (Å²) in [5.74, 6) is 0.357. The molecule has 1 amide bonds. The van der Waals surface area contributed by atoms with Gasteiger partial charge in [0.1, 0.15) is 0 Å². The fraction of sp³-hybridized carbons (Fsp3) is 0.933. The lowest BCUT2D eigenvalue weighted by atomic mass is 9.64. The maximum absolute atomic E-state index is 11.7. The van der Waals surface area contributed by atoms with Gasteiger partial charge in [-0.05, 0) is 43.9 Å². The van der Waals surface area contributed by atoms with Gasteiger partial charge in [0.15, 0.2) is 0 Å². The van der Waals surface area contributed by atoms with E-state index in [1.165, 1.54) is 57.8 Å². The van der Waals surface area contributed by atoms with Crippen LogP contribution in [0.3, 0.4) is 0 Å². The van der Waals surface area contributed by atoms with Gasteiger partial charge in [0.05, 0.1) is 0 Å². The highest BCUT2D eigenvalue weighted by molar-refractivity contribution is 5.78. The lowest BCUT2D eigenvalue weighted by Gasteiger charge is -2.43. The third kappa shape index (κ3) is 3.23. The van der Waals surface area contributed by atoms with Crippen LogP contribution in [0.2, 0.25) is 0 Å². The summed E-state index contributed by atoms with van der Waals surface area (Å²) in [5.41, 5.74) is 0.664. The Labute approximate surface area is 106 Å². The molecule has 98 valence electrons. The molecule has 2 rings (SSSR count). The smallest absolute Gasteiger partial charge is 0.222 e. The molecular formula is C15H27NO. The van der Waals surface area contributed by atoms with Crippen LogP contribution >= 0.6 is 0 Å². The highest BCUT2D eigenvalue weighted by Crippen LogP contribution is 2.47. The molecule has 0 saturated heterocycles. The Bertz CT molecular complexity index is 256. The Morgan fingerprint density at radius 3 is 2.18 bits per heavy atom. The van der Waals surface area contributed by atoms with Crippen LogP contribution in [0.4, 0.5) is 0 Å². The Kier molecular flexibility index (Phi) is 4.11. The largest absolute Gasteiger partial charge is 0.353 e. The number of rotatable bonds is 2. The molecule has 0 atom stereocenters. The van der Waals surface area contributed by atoms with Gasteiger partial charge >= 0.3 is 0 Å². The highest BCUT2D eigenvalue weighted by atomic mass is 16.1. The van der Waals surface area contributed by atoms with Crippen molar-refractivity contribution in [3.05, 3.63) is 0 Å². The van der Waals surface area contributed by atoms with Crippen molar-refractivity contribution in [3.63, 3.8) is 0 Å². The van der Waals surface area contributed by atoms with Crippen LogP contribution in [0.15, 0.2) is 0 Å². The summed E-state index contributed by atoms with van der Waals surface area (Å²) in [4.78, 5) is 11.7. The van der Waals surface area contributed by atoms with E-state index in [2.05, 4.69) is 5.32 Å². The Morgan fingerprint density at radius 1 is 1.06 bits per heavy atom. The second-order valence-corrected chi connectivity index (χ2v) is 6.50. The SMILES string of the molecule is CC(C)C(=O)NC1CCC2(CCCCC2)CC1. The molecule has 2 nitrogen and oxygen atoms in total. The predicted octanol–water partition coefficient (Wildman–Crippen LogP) is 3.65. The summed E-state index contributed by atoms with van der Waals surface area (Å²) in [6.45, 7) is 3.95. The van der Waals surface area contributed by atoms with E-state index in [0.717, 1.165) is 0 Å². The van der Waals surface area contributed by atoms with Gasteiger partial charge in [-0.25, -0.2) is 0 Å². The molecule has 2 aliphatic carbocycles. The average Bonchev–Trinajstić information content (AvgIpc) is 2.33. The summed E-state index contributed by atoms with van der Waals surface area (Å²) in [6.07, 6.45) is 12.3. The van der Waals surface area contributed by atoms with E-state index in [4.69, 9.17) is 0 Å². The number of hydrogen-bond donors (Lipinski definition) is 1. The van der Waals surface area contributed by atoms with Crippen LogP contribution < -0.4 is 5.32 Å². The first-order chi connectivity index (χ1) is 8.11. The van der Waals surface area contributed by atoms with Crippen molar-refractivity contribution in [3.8, 4) is 0 Å². The maximum atomic E-state index is 11.7. The Morgan fingerprint density at radius 2 is 1.65 bits per heavy atom. The van der Waals surface area contributed by atoms with E-state index < -0.39 is 0 Å². The molecule has 0 radical (unpaired) electrons. The van der Waals surface area contributed by atoms with Crippen LogP contribution in [0, 0.1) is 11.3 Å². The van der Waals surface area contributed by atoms with Gasteiger partial charge in [0, 0.05) is 12.0 Å². The van der Waals surface area contributed by atoms with Gasteiger partial charge in [-0.2, -0.15) is 0 Å². The van der Waals surface area contributed by atoms with E-state index in [0.29, 0.717) is 11.5 Å². The molecule has 2 aliphatic rings. The topological polar surface area (TPSA) is 29.1 Å². The van der Waals surface area contributed by atoms with E-state index in [1.807, 2.05) is 13.8 Å². The third-order valence-electron chi connectivity index (χ3n) is 4.83. The lowest BCUT2D eigenvalue weighted by molar-refractivity contribution is -0.125.